The van der Waals surface area contributed by atoms with Gasteiger partial charge in [-0.05, 0) is 6.20 Å². The van der Waals surface area contributed by atoms with Gasteiger partial charge in [-0.25, -0.2) is 0 Å². The molecular formula is C7H11NO4S. The Labute approximate surface area is 76.9 Å². The molecule has 1 unspecified atom stereocenters. The molecule has 6 heteroatoms. The maximum absolute atomic E-state index is 10.9. The molecule has 5 nitrogen and oxygen atoms in total. The van der Waals surface area contributed by atoms with Crippen molar-refractivity contribution in [3.8, 4) is 0 Å². The standard InChI is InChI=1S/C7H11NO4S/c1-3-6(13(10,11)12)5-7(9)8-4-2/h3-4,6H,1-2,5H2,(H,8,9)(H,10,11,12). The smallest absolute Gasteiger partial charge is 0.271 e. The molecule has 0 aliphatic carbocycles. The van der Waals surface area contributed by atoms with Gasteiger partial charge in [0.05, 0.1) is 0 Å². The van der Waals surface area contributed by atoms with Crippen LogP contribution >= 0.6 is 0 Å². The Kier molecular flexibility index (Phi) is 4.36. The predicted molar refractivity (Wildman–Crippen MR) is 48.5 cm³/mol. The maximum Gasteiger partial charge on any atom is 0.271 e. The topological polar surface area (TPSA) is 83.5 Å². The van der Waals surface area contributed by atoms with E-state index in [1.807, 2.05) is 0 Å². The second-order valence-corrected chi connectivity index (χ2v) is 3.90. The van der Waals surface area contributed by atoms with E-state index in [-0.39, 0.29) is 6.42 Å². The Balaban J connectivity index is 4.39. The van der Waals surface area contributed by atoms with Gasteiger partial charge in [0, 0.05) is 6.42 Å². The molecule has 0 fully saturated rings. The minimum Gasteiger partial charge on any atom is -0.333 e. The number of carbonyl (C=O) groups excluding carboxylic acids is 1. The molecule has 0 bridgehead atoms. The fourth-order valence-electron chi connectivity index (χ4n) is 0.666. The summed E-state index contributed by atoms with van der Waals surface area (Å²) in [5, 5.41) is 0.913. The van der Waals surface area contributed by atoms with E-state index in [0.29, 0.717) is 0 Å². The molecule has 2 N–H and O–H groups in total. The van der Waals surface area contributed by atoms with Gasteiger partial charge in [-0.2, -0.15) is 8.42 Å². The fraction of sp³-hybridized carbons (Fsp3) is 0.286. The quantitative estimate of drug-likeness (QED) is 0.491. The summed E-state index contributed by atoms with van der Waals surface area (Å²) in [4.78, 5) is 10.9. The average molecular weight is 205 g/mol. The van der Waals surface area contributed by atoms with Gasteiger partial charge in [-0.15, -0.1) is 6.58 Å². The van der Waals surface area contributed by atoms with Crippen LogP contribution in [0.3, 0.4) is 0 Å². The molecule has 0 heterocycles. The van der Waals surface area contributed by atoms with Crippen molar-refractivity contribution in [3.63, 3.8) is 0 Å². The molecule has 0 radical (unpaired) electrons. The molecule has 0 spiro atoms. The minimum absolute atomic E-state index is 0.367. The predicted octanol–water partition coefficient (Wildman–Crippen LogP) is 0.0786. The van der Waals surface area contributed by atoms with Crippen molar-refractivity contribution in [1.29, 1.82) is 0 Å². The molecule has 0 aromatic heterocycles. The van der Waals surface area contributed by atoms with E-state index in [1.165, 1.54) is 0 Å². The summed E-state index contributed by atoms with van der Waals surface area (Å²) in [7, 11) is -4.24. The van der Waals surface area contributed by atoms with E-state index >= 15 is 0 Å². The van der Waals surface area contributed by atoms with Crippen molar-refractivity contribution in [3.05, 3.63) is 25.4 Å². The molecule has 0 aliphatic rings. The van der Waals surface area contributed by atoms with Gasteiger partial charge < -0.3 is 5.32 Å². The molecular weight excluding hydrogens is 194 g/mol. The van der Waals surface area contributed by atoms with Crippen LogP contribution in [0.2, 0.25) is 0 Å². The zero-order valence-corrected chi connectivity index (χ0v) is 7.75. The molecule has 74 valence electrons. The summed E-state index contributed by atoms with van der Waals surface area (Å²) in [6.07, 6.45) is 1.76. The van der Waals surface area contributed by atoms with Gasteiger partial charge in [0.25, 0.3) is 10.1 Å². The Morgan fingerprint density at radius 2 is 2.08 bits per heavy atom. The fourth-order valence-corrected chi connectivity index (χ4v) is 1.27. The number of nitrogens with one attached hydrogen (secondary N) is 1. The third-order valence-corrected chi connectivity index (χ3v) is 2.42. The van der Waals surface area contributed by atoms with E-state index in [4.69, 9.17) is 4.55 Å². The van der Waals surface area contributed by atoms with Gasteiger partial charge in [0.1, 0.15) is 5.25 Å². The molecule has 0 aromatic carbocycles. The van der Waals surface area contributed by atoms with Gasteiger partial charge in [0.2, 0.25) is 5.91 Å². The zero-order chi connectivity index (χ0) is 10.5. The monoisotopic (exact) mass is 205 g/mol. The Morgan fingerprint density at radius 1 is 1.54 bits per heavy atom. The van der Waals surface area contributed by atoms with Gasteiger partial charge in [-0.3, -0.25) is 9.35 Å². The Morgan fingerprint density at radius 3 is 2.38 bits per heavy atom. The van der Waals surface area contributed by atoms with Crippen LogP contribution in [0.1, 0.15) is 6.42 Å². The lowest BCUT2D eigenvalue weighted by Crippen LogP contribution is -2.27. The second kappa shape index (κ2) is 4.78. The minimum atomic E-state index is -4.24. The van der Waals surface area contributed by atoms with E-state index in [9.17, 15) is 13.2 Å². The van der Waals surface area contributed by atoms with Crippen molar-refractivity contribution in [2.75, 3.05) is 0 Å². The van der Waals surface area contributed by atoms with Gasteiger partial charge in [0.15, 0.2) is 0 Å². The molecule has 0 saturated heterocycles. The van der Waals surface area contributed by atoms with Crippen LogP contribution in [0.15, 0.2) is 25.4 Å². The summed E-state index contributed by atoms with van der Waals surface area (Å²) in [5.41, 5.74) is 0. The van der Waals surface area contributed by atoms with E-state index < -0.39 is 21.3 Å². The summed E-state index contributed by atoms with van der Waals surface area (Å²) >= 11 is 0. The largest absolute Gasteiger partial charge is 0.333 e. The molecule has 1 amide bonds. The van der Waals surface area contributed by atoms with Crippen LogP contribution in [0, 0.1) is 0 Å². The first kappa shape index (κ1) is 11.9. The first-order chi connectivity index (χ1) is 5.91. The third-order valence-electron chi connectivity index (χ3n) is 1.30. The highest BCUT2D eigenvalue weighted by molar-refractivity contribution is 7.86. The number of rotatable bonds is 5. The summed E-state index contributed by atoms with van der Waals surface area (Å²) < 4.78 is 29.8. The van der Waals surface area contributed by atoms with E-state index in [1.54, 1.807) is 0 Å². The van der Waals surface area contributed by atoms with Crippen LogP contribution in [0.5, 0.6) is 0 Å². The van der Waals surface area contributed by atoms with E-state index in [0.717, 1.165) is 12.3 Å². The second-order valence-electron chi connectivity index (χ2n) is 2.26. The van der Waals surface area contributed by atoms with E-state index in [2.05, 4.69) is 18.5 Å². The van der Waals surface area contributed by atoms with Crippen LogP contribution < -0.4 is 5.32 Å². The van der Waals surface area contributed by atoms with Crippen molar-refractivity contribution in [2.45, 2.75) is 11.7 Å². The van der Waals surface area contributed by atoms with Crippen molar-refractivity contribution >= 4 is 16.0 Å². The molecule has 0 aliphatic heterocycles. The normalized spacial score (nSPS) is 13.0. The highest BCUT2D eigenvalue weighted by Crippen LogP contribution is 2.04. The molecule has 0 saturated carbocycles. The van der Waals surface area contributed by atoms with Crippen LogP contribution in [-0.4, -0.2) is 24.1 Å². The lowest BCUT2D eigenvalue weighted by atomic mass is 10.3. The van der Waals surface area contributed by atoms with Crippen LogP contribution in [0.4, 0.5) is 0 Å². The van der Waals surface area contributed by atoms with Crippen molar-refractivity contribution in [2.24, 2.45) is 0 Å². The molecule has 0 aromatic rings. The zero-order valence-electron chi connectivity index (χ0n) is 6.93. The highest BCUT2D eigenvalue weighted by atomic mass is 32.2. The molecule has 0 rings (SSSR count). The van der Waals surface area contributed by atoms with Crippen molar-refractivity contribution in [1.82, 2.24) is 5.32 Å². The third kappa shape index (κ3) is 4.44. The first-order valence-corrected chi connectivity index (χ1v) is 4.91. The highest BCUT2D eigenvalue weighted by Gasteiger charge is 2.21. The van der Waals surface area contributed by atoms with Crippen molar-refractivity contribution < 1.29 is 17.8 Å². The number of hydrogen-bond donors (Lipinski definition) is 2. The molecule has 13 heavy (non-hydrogen) atoms. The van der Waals surface area contributed by atoms with Gasteiger partial charge in [-0.1, -0.05) is 12.7 Å². The average Bonchev–Trinajstić information content (AvgIpc) is 1.98. The van der Waals surface area contributed by atoms with Crippen LogP contribution in [-0.2, 0) is 14.9 Å². The number of carbonyl (C=O) groups is 1. The SMILES string of the molecule is C=CNC(=O)CC(C=C)S(=O)(=O)O. The summed E-state index contributed by atoms with van der Waals surface area (Å²) in [6, 6.07) is 0. The number of hydrogen-bond acceptors (Lipinski definition) is 3. The summed E-state index contributed by atoms with van der Waals surface area (Å²) in [5.74, 6) is -0.544. The molecule has 1 atom stereocenters. The lowest BCUT2D eigenvalue weighted by Gasteiger charge is -2.06. The first-order valence-electron chi connectivity index (χ1n) is 3.41. The summed E-state index contributed by atoms with van der Waals surface area (Å²) in [6.45, 7) is 6.42. The maximum atomic E-state index is 10.9. The Bertz CT molecular complexity index is 306. The van der Waals surface area contributed by atoms with Gasteiger partial charge >= 0.3 is 0 Å². The number of amides is 1. The lowest BCUT2D eigenvalue weighted by molar-refractivity contribution is -0.120. The Hall–Kier alpha value is -1.14. The van der Waals surface area contributed by atoms with Crippen LogP contribution in [0.25, 0.3) is 0 Å².